The number of ether oxygens (including phenoxy) is 3. The van der Waals surface area contributed by atoms with Crippen LogP contribution in [0.4, 0.5) is 0 Å². The highest BCUT2D eigenvalue weighted by atomic mass is 16.5. The molecule has 7 heteroatoms. The average Bonchev–Trinajstić information content (AvgIpc) is 3.33. The van der Waals surface area contributed by atoms with Gasteiger partial charge in [0.15, 0.2) is 18.1 Å². The summed E-state index contributed by atoms with van der Waals surface area (Å²) in [7, 11) is 1.66. The van der Waals surface area contributed by atoms with Crippen LogP contribution in [0.1, 0.15) is 49.1 Å². The molecule has 0 unspecified atom stereocenters. The van der Waals surface area contributed by atoms with Crippen LogP contribution in [0, 0.1) is 5.92 Å². The van der Waals surface area contributed by atoms with Crippen molar-refractivity contribution in [3.8, 4) is 17.2 Å². The number of benzene rings is 2. The minimum atomic E-state index is -0.532. The maximum atomic E-state index is 12.7. The molecule has 4 rings (SSSR count). The number of piperidine rings is 1. The van der Waals surface area contributed by atoms with Gasteiger partial charge in [-0.1, -0.05) is 24.3 Å². The smallest absolute Gasteiger partial charge is 0.255 e. The third-order valence-corrected chi connectivity index (χ3v) is 6.53. The van der Waals surface area contributed by atoms with Gasteiger partial charge in [0.2, 0.25) is 5.91 Å². The van der Waals surface area contributed by atoms with Crippen LogP contribution < -0.4 is 25.3 Å². The first-order valence-corrected chi connectivity index (χ1v) is 11.6. The Kier molecular flexibility index (Phi) is 7.37. The van der Waals surface area contributed by atoms with Crippen molar-refractivity contribution in [1.82, 2.24) is 5.32 Å². The Bertz CT molecular complexity index is 986. The Morgan fingerprint density at radius 1 is 1.09 bits per heavy atom. The van der Waals surface area contributed by atoms with Gasteiger partial charge in [-0.25, -0.2) is 0 Å². The molecule has 7 nitrogen and oxygen atoms in total. The number of primary amides is 1. The highest BCUT2D eigenvalue weighted by molar-refractivity contribution is 5.80. The molecule has 1 saturated heterocycles. The maximum absolute atomic E-state index is 12.7. The van der Waals surface area contributed by atoms with Crippen LogP contribution in [-0.2, 0) is 16.0 Å². The second-order valence-electron chi connectivity index (χ2n) is 8.88. The molecule has 2 aromatic carbocycles. The molecule has 176 valence electrons. The summed E-state index contributed by atoms with van der Waals surface area (Å²) in [6, 6.07) is 13.6. The van der Waals surface area contributed by atoms with E-state index < -0.39 is 5.91 Å². The van der Waals surface area contributed by atoms with E-state index in [9.17, 15) is 9.59 Å². The molecule has 33 heavy (non-hydrogen) atoms. The third kappa shape index (κ3) is 5.78. The summed E-state index contributed by atoms with van der Waals surface area (Å²) in [6.07, 6.45) is 6.04. The molecule has 2 aliphatic rings. The summed E-state index contributed by atoms with van der Waals surface area (Å²) < 4.78 is 17.3. The molecule has 2 fully saturated rings. The number of amides is 2. The summed E-state index contributed by atoms with van der Waals surface area (Å²) in [5.74, 6) is 1.57. The van der Waals surface area contributed by atoms with Gasteiger partial charge in [0.25, 0.3) is 5.91 Å². The molecule has 0 radical (unpaired) electrons. The Labute approximate surface area is 194 Å². The third-order valence-electron chi connectivity index (χ3n) is 6.53. The predicted octanol–water partition coefficient (Wildman–Crippen LogP) is 3.34. The molecule has 1 aliphatic carbocycles. The van der Waals surface area contributed by atoms with Gasteiger partial charge in [-0.2, -0.15) is 0 Å². The highest BCUT2D eigenvalue weighted by Gasteiger charge is 2.31. The van der Waals surface area contributed by atoms with Crippen LogP contribution in [0.5, 0.6) is 17.2 Å². The van der Waals surface area contributed by atoms with E-state index in [1.807, 2.05) is 24.3 Å². The van der Waals surface area contributed by atoms with Gasteiger partial charge in [0.1, 0.15) is 5.75 Å². The van der Waals surface area contributed by atoms with Crippen molar-refractivity contribution < 1.29 is 23.8 Å². The quantitative estimate of drug-likeness (QED) is 0.608. The van der Waals surface area contributed by atoms with Gasteiger partial charge in [-0.15, -0.1) is 0 Å². The molecule has 2 aromatic rings. The summed E-state index contributed by atoms with van der Waals surface area (Å²) in [4.78, 5) is 23.8. The molecule has 0 aromatic heterocycles. The number of para-hydroxylation sites is 1. The number of carbonyl (C=O) groups is 2. The molecule has 0 spiro atoms. The SMILES string of the molecule is COc1ccc([C@H]2CNC(=O)[C@H](Cc3ccccc3OCC(N)=O)C2)cc1OC1CCCC1. The Morgan fingerprint density at radius 2 is 1.88 bits per heavy atom. The standard InChI is InChI=1S/C26H32N2O5/c1-31-23-11-10-17(14-24(23)33-21-7-3-4-8-21)20-13-19(26(30)28-15-20)12-18-6-2-5-9-22(18)32-16-25(27)29/h2,5-6,9-11,14,19-21H,3-4,7-8,12-13,15-16H2,1H3,(H2,27,29)(H,28,30)/t19-,20-/m1/s1. The van der Waals surface area contributed by atoms with Gasteiger partial charge in [-0.05, 0) is 67.9 Å². The first-order chi connectivity index (χ1) is 16.0. The van der Waals surface area contributed by atoms with Crippen LogP contribution in [0.25, 0.3) is 0 Å². The largest absolute Gasteiger partial charge is 0.493 e. The predicted molar refractivity (Wildman–Crippen MR) is 125 cm³/mol. The molecule has 3 N–H and O–H groups in total. The van der Waals surface area contributed by atoms with Crippen LogP contribution in [-0.4, -0.2) is 38.2 Å². The van der Waals surface area contributed by atoms with E-state index in [2.05, 4.69) is 17.4 Å². The van der Waals surface area contributed by atoms with E-state index in [0.29, 0.717) is 25.1 Å². The van der Waals surface area contributed by atoms with E-state index >= 15 is 0 Å². The number of carbonyl (C=O) groups excluding carboxylic acids is 2. The molecule has 1 saturated carbocycles. The summed E-state index contributed by atoms with van der Waals surface area (Å²) in [5, 5.41) is 3.07. The number of hydrogen-bond acceptors (Lipinski definition) is 5. The van der Waals surface area contributed by atoms with Crippen molar-refractivity contribution in [3.63, 3.8) is 0 Å². The summed E-state index contributed by atoms with van der Waals surface area (Å²) in [6.45, 7) is 0.399. The lowest BCUT2D eigenvalue weighted by molar-refractivity contribution is -0.127. The topological polar surface area (TPSA) is 99.9 Å². The lowest BCUT2D eigenvalue weighted by Crippen LogP contribution is -2.41. The Balaban J connectivity index is 1.49. The summed E-state index contributed by atoms with van der Waals surface area (Å²) in [5.41, 5.74) is 7.24. The zero-order valence-corrected chi connectivity index (χ0v) is 19.0. The number of methoxy groups -OCH3 is 1. The Morgan fingerprint density at radius 3 is 2.64 bits per heavy atom. The van der Waals surface area contributed by atoms with Crippen LogP contribution >= 0.6 is 0 Å². The van der Waals surface area contributed by atoms with Gasteiger partial charge in [0.05, 0.1) is 13.2 Å². The van der Waals surface area contributed by atoms with E-state index in [4.69, 9.17) is 19.9 Å². The lowest BCUT2D eigenvalue weighted by Gasteiger charge is -2.30. The highest BCUT2D eigenvalue weighted by Crippen LogP contribution is 2.37. The maximum Gasteiger partial charge on any atom is 0.255 e. The van der Waals surface area contributed by atoms with Gasteiger partial charge >= 0.3 is 0 Å². The van der Waals surface area contributed by atoms with E-state index in [0.717, 1.165) is 35.5 Å². The summed E-state index contributed by atoms with van der Waals surface area (Å²) >= 11 is 0. The second-order valence-corrected chi connectivity index (χ2v) is 8.88. The molecule has 1 aliphatic heterocycles. The van der Waals surface area contributed by atoms with Gasteiger partial charge < -0.3 is 25.3 Å². The fourth-order valence-corrected chi connectivity index (χ4v) is 4.78. The molecule has 2 amide bonds. The number of rotatable bonds is 9. The lowest BCUT2D eigenvalue weighted by atomic mass is 9.82. The van der Waals surface area contributed by atoms with Crippen LogP contribution in [0.15, 0.2) is 42.5 Å². The first-order valence-electron chi connectivity index (χ1n) is 11.6. The molecular weight excluding hydrogens is 420 g/mol. The van der Waals surface area contributed by atoms with E-state index in [1.54, 1.807) is 13.2 Å². The molecular formula is C26H32N2O5. The zero-order valence-electron chi connectivity index (χ0n) is 19.0. The zero-order chi connectivity index (χ0) is 23.2. The minimum Gasteiger partial charge on any atom is -0.493 e. The van der Waals surface area contributed by atoms with Crippen molar-refractivity contribution in [1.29, 1.82) is 0 Å². The van der Waals surface area contributed by atoms with Crippen molar-refractivity contribution in [2.24, 2.45) is 11.7 Å². The fraction of sp³-hybridized carbons (Fsp3) is 0.462. The molecule has 0 bridgehead atoms. The first kappa shape index (κ1) is 23.0. The molecule has 2 atom stereocenters. The number of hydrogen-bond donors (Lipinski definition) is 2. The van der Waals surface area contributed by atoms with Crippen molar-refractivity contribution in [3.05, 3.63) is 53.6 Å². The van der Waals surface area contributed by atoms with Crippen molar-refractivity contribution >= 4 is 11.8 Å². The molecule has 1 heterocycles. The monoisotopic (exact) mass is 452 g/mol. The van der Waals surface area contributed by atoms with Crippen LogP contribution in [0.3, 0.4) is 0 Å². The van der Waals surface area contributed by atoms with Gasteiger partial charge in [0, 0.05) is 18.4 Å². The second kappa shape index (κ2) is 10.6. The number of nitrogens with two attached hydrogens (primary N) is 1. The van der Waals surface area contributed by atoms with Crippen molar-refractivity contribution in [2.75, 3.05) is 20.3 Å². The van der Waals surface area contributed by atoms with E-state index in [1.165, 1.54) is 12.8 Å². The average molecular weight is 453 g/mol. The fourth-order valence-electron chi connectivity index (χ4n) is 4.78. The normalized spacial score (nSPS) is 20.8. The van der Waals surface area contributed by atoms with E-state index in [-0.39, 0.29) is 30.5 Å². The van der Waals surface area contributed by atoms with Crippen LogP contribution in [0.2, 0.25) is 0 Å². The van der Waals surface area contributed by atoms with Gasteiger partial charge in [-0.3, -0.25) is 9.59 Å². The number of nitrogens with one attached hydrogen (secondary N) is 1. The Hall–Kier alpha value is -3.22. The minimum absolute atomic E-state index is 0.0342. The van der Waals surface area contributed by atoms with Crippen molar-refractivity contribution in [2.45, 2.75) is 50.5 Å².